The van der Waals surface area contributed by atoms with Crippen molar-refractivity contribution < 1.29 is 14.5 Å². The molecule has 108 valence electrons. The van der Waals surface area contributed by atoms with Gasteiger partial charge in [0.1, 0.15) is 5.60 Å². The highest BCUT2D eigenvalue weighted by Gasteiger charge is 2.29. The summed E-state index contributed by atoms with van der Waals surface area (Å²) < 4.78 is 5.26. The summed E-state index contributed by atoms with van der Waals surface area (Å²) in [7, 11) is 0. The molecule has 0 saturated carbocycles. The normalized spacial score (nSPS) is 17.1. The minimum atomic E-state index is -0.522. The number of nitro groups is 1. The van der Waals surface area contributed by atoms with Crippen LogP contribution in [-0.2, 0) is 4.74 Å². The Labute approximate surface area is 112 Å². The van der Waals surface area contributed by atoms with Gasteiger partial charge >= 0.3 is 6.09 Å². The smallest absolute Gasteiger partial charge is 0.410 e. The molecule has 1 heterocycles. The molecule has 0 bridgehead atoms. The standard InChI is InChI=1S/C12H21N3O4/c1-12(2,3)19-11(16)14-6-4-9(5-7-14)10(13)8-15(17)18/h9,13H,4-8H2,1-3H3. The van der Waals surface area contributed by atoms with E-state index in [1.165, 1.54) is 0 Å². The molecule has 7 heteroatoms. The molecule has 1 N–H and O–H groups in total. The molecule has 0 aromatic heterocycles. The SMILES string of the molecule is CC(C)(C)OC(=O)N1CCC(C(=N)C[N+](=O)[O-])CC1. The molecule has 0 unspecified atom stereocenters. The molecule has 0 aromatic rings. The Balaban J connectivity index is 2.42. The summed E-state index contributed by atoms with van der Waals surface area (Å²) in [6.07, 6.45) is 0.824. The zero-order valence-electron chi connectivity index (χ0n) is 11.6. The van der Waals surface area contributed by atoms with Crippen LogP contribution >= 0.6 is 0 Å². The van der Waals surface area contributed by atoms with Crippen molar-refractivity contribution in [3.8, 4) is 0 Å². The first kappa shape index (κ1) is 15.4. The van der Waals surface area contributed by atoms with E-state index >= 15 is 0 Å². The van der Waals surface area contributed by atoms with Crippen LogP contribution < -0.4 is 0 Å². The van der Waals surface area contributed by atoms with E-state index in [2.05, 4.69) is 0 Å². The maximum absolute atomic E-state index is 11.8. The largest absolute Gasteiger partial charge is 0.444 e. The second-order valence-corrected chi connectivity index (χ2v) is 5.76. The number of nitrogens with zero attached hydrogens (tertiary/aromatic N) is 2. The summed E-state index contributed by atoms with van der Waals surface area (Å²) >= 11 is 0. The topological polar surface area (TPSA) is 96.5 Å². The molecule has 0 aromatic carbocycles. The minimum absolute atomic E-state index is 0.0934. The molecule has 7 nitrogen and oxygen atoms in total. The van der Waals surface area contributed by atoms with E-state index in [1.54, 1.807) is 4.90 Å². The Bertz CT molecular complexity index is 368. The van der Waals surface area contributed by atoms with Crippen LogP contribution in [0.15, 0.2) is 0 Å². The van der Waals surface area contributed by atoms with E-state index in [0.717, 1.165) is 0 Å². The average molecular weight is 271 g/mol. The monoisotopic (exact) mass is 271 g/mol. The van der Waals surface area contributed by atoms with Gasteiger partial charge in [0.2, 0.25) is 6.54 Å². The summed E-state index contributed by atoms with van der Waals surface area (Å²) in [4.78, 5) is 23.3. The third kappa shape index (κ3) is 5.23. The van der Waals surface area contributed by atoms with Crippen LogP contribution in [0.4, 0.5) is 4.79 Å². The molecule has 1 fully saturated rings. The second kappa shape index (κ2) is 5.99. The van der Waals surface area contributed by atoms with Gasteiger partial charge in [0.05, 0.1) is 5.71 Å². The number of hydrogen-bond donors (Lipinski definition) is 1. The molecule has 1 rings (SSSR count). The van der Waals surface area contributed by atoms with Gasteiger partial charge in [-0.2, -0.15) is 0 Å². The number of nitrogens with one attached hydrogen (secondary N) is 1. The fourth-order valence-corrected chi connectivity index (χ4v) is 2.01. The highest BCUT2D eigenvalue weighted by atomic mass is 16.6. The maximum Gasteiger partial charge on any atom is 0.410 e. The molecule has 1 saturated heterocycles. The number of rotatable bonds is 3. The lowest BCUT2D eigenvalue weighted by atomic mass is 9.92. The van der Waals surface area contributed by atoms with Gasteiger partial charge in [-0.25, -0.2) is 4.79 Å². The lowest BCUT2D eigenvalue weighted by Crippen LogP contribution is -2.43. The Hall–Kier alpha value is -1.66. The molecule has 0 aliphatic carbocycles. The van der Waals surface area contributed by atoms with Crippen molar-refractivity contribution in [3.05, 3.63) is 10.1 Å². The molecule has 0 radical (unpaired) electrons. The molecule has 0 atom stereocenters. The van der Waals surface area contributed by atoms with Crippen LogP contribution in [0.25, 0.3) is 0 Å². The van der Waals surface area contributed by atoms with Crippen LogP contribution in [0.3, 0.4) is 0 Å². The van der Waals surface area contributed by atoms with E-state index in [0.29, 0.717) is 25.9 Å². The Kier molecular flexibility index (Phi) is 4.85. The Morgan fingerprint density at radius 1 is 1.42 bits per heavy atom. The first-order chi connectivity index (χ1) is 8.69. The van der Waals surface area contributed by atoms with Crippen molar-refractivity contribution in [2.24, 2.45) is 5.92 Å². The van der Waals surface area contributed by atoms with Gasteiger partial charge in [0, 0.05) is 23.9 Å². The van der Waals surface area contributed by atoms with Crippen molar-refractivity contribution in [3.63, 3.8) is 0 Å². The van der Waals surface area contributed by atoms with E-state index < -0.39 is 17.1 Å². The number of piperidine rings is 1. The lowest BCUT2D eigenvalue weighted by molar-refractivity contribution is -0.463. The van der Waals surface area contributed by atoms with Gasteiger partial charge in [-0.15, -0.1) is 0 Å². The van der Waals surface area contributed by atoms with Crippen molar-refractivity contribution in [1.29, 1.82) is 5.41 Å². The quantitative estimate of drug-likeness (QED) is 0.482. The van der Waals surface area contributed by atoms with E-state index in [4.69, 9.17) is 10.1 Å². The molecular formula is C12H21N3O4. The fourth-order valence-electron chi connectivity index (χ4n) is 2.01. The highest BCUT2D eigenvalue weighted by Crippen LogP contribution is 2.20. The molecule has 19 heavy (non-hydrogen) atoms. The van der Waals surface area contributed by atoms with Gasteiger partial charge in [-0.05, 0) is 33.6 Å². The van der Waals surface area contributed by atoms with Crippen molar-refractivity contribution in [2.45, 2.75) is 39.2 Å². The predicted molar refractivity (Wildman–Crippen MR) is 70.1 cm³/mol. The zero-order valence-corrected chi connectivity index (χ0v) is 11.6. The molecule has 1 amide bonds. The van der Waals surface area contributed by atoms with Crippen LogP contribution in [-0.4, -0.2) is 46.9 Å². The third-order valence-electron chi connectivity index (χ3n) is 2.94. The number of amides is 1. The number of carbonyl (C=O) groups excluding carboxylic acids is 1. The van der Waals surface area contributed by atoms with Crippen molar-refractivity contribution >= 4 is 11.8 Å². The summed E-state index contributed by atoms with van der Waals surface area (Å²) in [6, 6.07) is 0. The van der Waals surface area contributed by atoms with Crippen LogP contribution in [0.2, 0.25) is 0 Å². The Morgan fingerprint density at radius 3 is 2.37 bits per heavy atom. The lowest BCUT2D eigenvalue weighted by Gasteiger charge is -2.33. The molecular weight excluding hydrogens is 250 g/mol. The predicted octanol–water partition coefficient (Wildman–Crippen LogP) is 1.93. The zero-order chi connectivity index (χ0) is 14.6. The van der Waals surface area contributed by atoms with E-state index in [-0.39, 0.29) is 17.7 Å². The molecule has 1 aliphatic heterocycles. The summed E-state index contributed by atoms with van der Waals surface area (Å²) in [5.41, 5.74) is -0.374. The minimum Gasteiger partial charge on any atom is -0.444 e. The number of carbonyl (C=O) groups is 1. The first-order valence-electron chi connectivity index (χ1n) is 6.36. The average Bonchev–Trinajstić information content (AvgIpc) is 2.26. The number of ether oxygens (including phenoxy) is 1. The number of hydrogen-bond acceptors (Lipinski definition) is 5. The van der Waals surface area contributed by atoms with E-state index in [9.17, 15) is 14.9 Å². The molecule has 0 spiro atoms. The summed E-state index contributed by atoms with van der Waals surface area (Å²) in [6.45, 7) is 6.00. The summed E-state index contributed by atoms with van der Waals surface area (Å²) in [5.74, 6) is -0.0934. The third-order valence-corrected chi connectivity index (χ3v) is 2.94. The Morgan fingerprint density at radius 2 is 1.95 bits per heavy atom. The van der Waals surface area contributed by atoms with Gasteiger partial charge in [-0.3, -0.25) is 10.1 Å². The van der Waals surface area contributed by atoms with Crippen LogP contribution in [0.1, 0.15) is 33.6 Å². The highest BCUT2D eigenvalue weighted by molar-refractivity contribution is 5.85. The maximum atomic E-state index is 11.8. The second-order valence-electron chi connectivity index (χ2n) is 5.76. The fraction of sp³-hybridized carbons (Fsp3) is 0.833. The van der Waals surface area contributed by atoms with Gasteiger partial charge in [0.25, 0.3) is 0 Å². The molecule has 1 aliphatic rings. The van der Waals surface area contributed by atoms with Crippen LogP contribution in [0.5, 0.6) is 0 Å². The van der Waals surface area contributed by atoms with Gasteiger partial charge in [-0.1, -0.05) is 0 Å². The van der Waals surface area contributed by atoms with E-state index in [1.807, 2.05) is 20.8 Å². The van der Waals surface area contributed by atoms with Crippen LogP contribution in [0, 0.1) is 21.4 Å². The number of likely N-dealkylation sites (tertiary alicyclic amines) is 1. The van der Waals surface area contributed by atoms with Gasteiger partial charge in [0.15, 0.2) is 0 Å². The van der Waals surface area contributed by atoms with Crippen molar-refractivity contribution in [1.82, 2.24) is 4.90 Å². The first-order valence-corrected chi connectivity index (χ1v) is 6.36. The van der Waals surface area contributed by atoms with Crippen molar-refractivity contribution in [2.75, 3.05) is 19.6 Å². The summed E-state index contributed by atoms with van der Waals surface area (Å²) in [5, 5.41) is 18.0. The van der Waals surface area contributed by atoms with Gasteiger partial charge < -0.3 is 15.0 Å².